The second kappa shape index (κ2) is 13.5. The number of esters is 3. The summed E-state index contributed by atoms with van der Waals surface area (Å²) in [6.45, 7) is 2.74. The average Bonchev–Trinajstić information content (AvgIpc) is 2.87. The highest BCUT2D eigenvalue weighted by Crippen LogP contribution is 2.47. The standard InChI is InChI=1S/C26H25F7O7/c1-16(2)39-21(34)17-8-12-20(13-9-17)40-22(35)18-6-10-19(11-7-18)37-14-4-3-5-15-38-23(36)24(27,28)25(29,30)26(31,32)33/h6-13,16H,3-5,14-15H2,1-2H3. The highest BCUT2D eigenvalue weighted by atomic mass is 19.4. The molecule has 40 heavy (non-hydrogen) atoms. The molecule has 0 aromatic heterocycles. The fraction of sp³-hybridized carbons (Fsp3) is 0.423. The Labute approximate surface area is 224 Å². The van der Waals surface area contributed by atoms with Crippen molar-refractivity contribution < 1.29 is 64.1 Å². The van der Waals surface area contributed by atoms with Crippen LogP contribution < -0.4 is 9.47 Å². The van der Waals surface area contributed by atoms with Gasteiger partial charge in [0.25, 0.3) is 0 Å². The van der Waals surface area contributed by atoms with Crippen molar-refractivity contribution in [1.29, 1.82) is 0 Å². The van der Waals surface area contributed by atoms with Gasteiger partial charge in [-0.05, 0) is 81.6 Å². The van der Waals surface area contributed by atoms with Gasteiger partial charge in [-0.3, -0.25) is 0 Å². The van der Waals surface area contributed by atoms with E-state index in [0.717, 1.165) is 0 Å². The number of hydrogen-bond acceptors (Lipinski definition) is 7. The summed E-state index contributed by atoms with van der Waals surface area (Å²) in [5.41, 5.74) is 0.494. The average molecular weight is 582 g/mol. The van der Waals surface area contributed by atoms with E-state index in [-0.39, 0.29) is 36.9 Å². The van der Waals surface area contributed by atoms with Crippen LogP contribution in [0.3, 0.4) is 0 Å². The number of alkyl halides is 7. The van der Waals surface area contributed by atoms with Crippen LogP contribution in [0.5, 0.6) is 11.5 Å². The van der Waals surface area contributed by atoms with Crippen LogP contribution in [0.2, 0.25) is 0 Å². The number of carbonyl (C=O) groups excluding carboxylic acids is 3. The van der Waals surface area contributed by atoms with Gasteiger partial charge in [-0.2, -0.15) is 30.7 Å². The topological polar surface area (TPSA) is 88.1 Å². The molecule has 0 aliphatic heterocycles. The molecule has 220 valence electrons. The minimum absolute atomic E-state index is 0.0898. The lowest BCUT2D eigenvalue weighted by Crippen LogP contribution is -2.56. The third kappa shape index (κ3) is 8.58. The van der Waals surface area contributed by atoms with Gasteiger partial charge in [0.05, 0.1) is 30.4 Å². The lowest BCUT2D eigenvalue weighted by molar-refractivity contribution is -0.348. The number of benzene rings is 2. The van der Waals surface area contributed by atoms with Crippen LogP contribution in [0, 0.1) is 0 Å². The SMILES string of the molecule is CC(C)OC(=O)c1ccc(OC(=O)c2ccc(OCCCCCOC(=O)C(F)(F)C(F)(F)C(F)(F)F)cc2)cc1. The summed E-state index contributed by atoms with van der Waals surface area (Å²) >= 11 is 0. The molecule has 2 aromatic rings. The number of halogens is 7. The Morgan fingerprint density at radius 3 is 1.73 bits per heavy atom. The Morgan fingerprint density at radius 2 is 1.20 bits per heavy atom. The maximum absolute atomic E-state index is 13.2. The van der Waals surface area contributed by atoms with Gasteiger partial charge in [-0.25, -0.2) is 14.4 Å². The van der Waals surface area contributed by atoms with Crippen molar-refractivity contribution in [2.45, 2.75) is 57.2 Å². The van der Waals surface area contributed by atoms with Crippen molar-refractivity contribution in [2.75, 3.05) is 13.2 Å². The van der Waals surface area contributed by atoms with Gasteiger partial charge in [-0.15, -0.1) is 0 Å². The van der Waals surface area contributed by atoms with Gasteiger partial charge in [0, 0.05) is 0 Å². The van der Waals surface area contributed by atoms with Crippen LogP contribution in [0.1, 0.15) is 53.8 Å². The number of hydrogen-bond donors (Lipinski definition) is 0. The summed E-state index contributed by atoms with van der Waals surface area (Å²) in [6.07, 6.45) is -6.48. The first-order valence-corrected chi connectivity index (χ1v) is 11.8. The minimum atomic E-state index is -6.62. The van der Waals surface area contributed by atoms with E-state index in [1.54, 1.807) is 13.8 Å². The first kappa shape index (κ1) is 32.4. The molecule has 2 rings (SSSR count). The van der Waals surface area contributed by atoms with Crippen molar-refractivity contribution in [1.82, 2.24) is 0 Å². The van der Waals surface area contributed by atoms with Crippen molar-refractivity contribution in [2.24, 2.45) is 0 Å². The zero-order valence-electron chi connectivity index (χ0n) is 21.2. The largest absolute Gasteiger partial charge is 0.494 e. The predicted molar refractivity (Wildman–Crippen MR) is 125 cm³/mol. The quantitative estimate of drug-likeness (QED) is 0.117. The molecule has 0 aliphatic carbocycles. The highest BCUT2D eigenvalue weighted by Gasteiger charge is 2.77. The molecule has 0 fully saturated rings. The van der Waals surface area contributed by atoms with E-state index >= 15 is 0 Å². The monoisotopic (exact) mass is 582 g/mol. The molecule has 0 radical (unpaired) electrons. The Hall–Kier alpha value is -3.84. The molecule has 2 aromatic carbocycles. The van der Waals surface area contributed by atoms with Crippen molar-refractivity contribution in [3.05, 3.63) is 59.7 Å². The van der Waals surface area contributed by atoms with Crippen LogP contribution in [0.25, 0.3) is 0 Å². The van der Waals surface area contributed by atoms with Crippen LogP contribution in [0.4, 0.5) is 30.7 Å². The van der Waals surface area contributed by atoms with Crippen molar-refractivity contribution in [3.63, 3.8) is 0 Å². The highest BCUT2D eigenvalue weighted by molar-refractivity contribution is 5.92. The van der Waals surface area contributed by atoms with Gasteiger partial charge in [-0.1, -0.05) is 0 Å². The molecule has 14 heteroatoms. The Balaban J connectivity index is 1.71. The fourth-order valence-electron chi connectivity index (χ4n) is 2.93. The summed E-state index contributed by atoms with van der Waals surface area (Å²) in [7, 11) is 0. The van der Waals surface area contributed by atoms with Crippen molar-refractivity contribution >= 4 is 17.9 Å². The smallest absolute Gasteiger partial charge is 0.460 e. The summed E-state index contributed by atoms with van der Waals surface area (Å²) < 4.78 is 108. The van der Waals surface area contributed by atoms with Crippen LogP contribution in [0.15, 0.2) is 48.5 Å². The van der Waals surface area contributed by atoms with E-state index in [1.165, 1.54) is 48.5 Å². The van der Waals surface area contributed by atoms with E-state index in [4.69, 9.17) is 14.2 Å². The number of rotatable bonds is 13. The lowest BCUT2D eigenvalue weighted by atomic mass is 10.1. The molecule has 0 amide bonds. The third-order valence-corrected chi connectivity index (χ3v) is 5.03. The van der Waals surface area contributed by atoms with E-state index < -0.39 is 42.5 Å². The Kier molecular flexibility index (Phi) is 10.9. The van der Waals surface area contributed by atoms with E-state index in [0.29, 0.717) is 17.7 Å². The zero-order chi connectivity index (χ0) is 30.1. The molecule has 0 bridgehead atoms. The molecular formula is C26H25F7O7. The normalized spacial score (nSPS) is 12.2. The Morgan fingerprint density at radius 1 is 0.700 bits per heavy atom. The molecule has 0 atom stereocenters. The maximum atomic E-state index is 13.2. The Bertz CT molecular complexity index is 1150. The third-order valence-electron chi connectivity index (χ3n) is 5.03. The molecule has 0 spiro atoms. The van der Waals surface area contributed by atoms with Crippen LogP contribution in [-0.4, -0.2) is 55.2 Å². The number of carbonyl (C=O) groups is 3. The van der Waals surface area contributed by atoms with E-state index in [9.17, 15) is 45.1 Å². The second-order valence-electron chi connectivity index (χ2n) is 8.58. The van der Waals surface area contributed by atoms with Gasteiger partial charge in [0.15, 0.2) is 0 Å². The van der Waals surface area contributed by atoms with Crippen molar-refractivity contribution in [3.8, 4) is 11.5 Å². The number of unbranched alkanes of at least 4 members (excludes halogenated alkanes) is 2. The summed E-state index contributed by atoms with van der Waals surface area (Å²) in [5, 5.41) is 0. The zero-order valence-corrected chi connectivity index (χ0v) is 21.2. The molecule has 0 unspecified atom stereocenters. The van der Waals surface area contributed by atoms with Gasteiger partial charge < -0.3 is 18.9 Å². The predicted octanol–water partition coefficient (Wildman–Crippen LogP) is 6.40. The molecule has 0 N–H and O–H groups in total. The summed E-state index contributed by atoms with van der Waals surface area (Å²) in [5.74, 6) is -16.2. The molecule has 0 aliphatic rings. The first-order valence-electron chi connectivity index (χ1n) is 11.8. The molecule has 0 heterocycles. The number of ether oxygens (including phenoxy) is 4. The molecule has 7 nitrogen and oxygen atoms in total. The summed E-state index contributed by atoms with van der Waals surface area (Å²) in [6, 6.07) is 11.6. The summed E-state index contributed by atoms with van der Waals surface area (Å²) in [4.78, 5) is 35.2. The second-order valence-corrected chi connectivity index (χ2v) is 8.58. The fourth-order valence-corrected chi connectivity index (χ4v) is 2.93. The van der Waals surface area contributed by atoms with Gasteiger partial charge in [0.2, 0.25) is 0 Å². The lowest BCUT2D eigenvalue weighted by Gasteiger charge is -2.26. The van der Waals surface area contributed by atoms with E-state index in [1.807, 2.05) is 0 Å². The first-order chi connectivity index (χ1) is 18.6. The van der Waals surface area contributed by atoms with Gasteiger partial charge in [0.1, 0.15) is 11.5 Å². The van der Waals surface area contributed by atoms with Crippen LogP contribution in [-0.2, 0) is 14.3 Å². The minimum Gasteiger partial charge on any atom is -0.494 e. The maximum Gasteiger partial charge on any atom is 0.460 e. The van der Waals surface area contributed by atoms with Gasteiger partial charge >= 0.3 is 35.9 Å². The molecular weight excluding hydrogens is 557 g/mol. The molecule has 0 saturated heterocycles. The van der Waals surface area contributed by atoms with E-state index in [2.05, 4.69) is 4.74 Å². The molecule has 0 saturated carbocycles. The van der Waals surface area contributed by atoms with Crippen LogP contribution >= 0.6 is 0 Å².